The summed E-state index contributed by atoms with van der Waals surface area (Å²) in [6.45, 7) is 3.21. The second kappa shape index (κ2) is 4.50. The molecule has 0 bridgehead atoms. The van der Waals surface area contributed by atoms with Crippen LogP contribution in [0.1, 0.15) is 19.4 Å². The zero-order valence-electron chi connectivity index (χ0n) is 8.73. The zero-order chi connectivity index (χ0) is 11.5. The van der Waals surface area contributed by atoms with Crippen molar-refractivity contribution in [3.8, 4) is 11.8 Å². The molecule has 0 spiro atoms. The van der Waals surface area contributed by atoms with Crippen LogP contribution >= 0.6 is 0 Å². The van der Waals surface area contributed by atoms with Crippen LogP contribution in [0, 0.1) is 11.8 Å². The highest BCUT2D eigenvalue weighted by Gasteiger charge is 2.09. The monoisotopic (exact) mass is 204 g/mol. The van der Waals surface area contributed by atoms with Crippen molar-refractivity contribution < 1.29 is 15.2 Å². The third kappa shape index (κ3) is 4.17. The van der Waals surface area contributed by atoms with Gasteiger partial charge in [0, 0.05) is 5.56 Å². The molecule has 3 N–H and O–H groups in total. The van der Waals surface area contributed by atoms with Gasteiger partial charge in [-0.15, -0.1) is 0 Å². The molecule has 4 heteroatoms. The normalized spacial score (nSPS) is 10.5. The molecule has 3 nitrogen and oxygen atoms in total. The second-order valence-electron chi connectivity index (χ2n) is 3.80. The first kappa shape index (κ1) is 11.8. The molecule has 0 unspecified atom stereocenters. The van der Waals surface area contributed by atoms with Crippen LogP contribution in [0.3, 0.4) is 0 Å². The molecule has 1 rings (SSSR count). The molecular weight excluding hydrogens is 191 g/mol. The van der Waals surface area contributed by atoms with Crippen molar-refractivity contribution in [3.05, 3.63) is 29.8 Å². The van der Waals surface area contributed by atoms with Crippen LogP contribution in [0.15, 0.2) is 24.3 Å². The van der Waals surface area contributed by atoms with Gasteiger partial charge in [0.25, 0.3) is 0 Å². The van der Waals surface area contributed by atoms with Gasteiger partial charge in [0.1, 0.15) is 5.60 Å². The number of rotatable bonds is 1. The van der Waals surface area contributed by atoms with Crippen LogP contribution in [0.5, 0.6) is 0 Å². The first-order valence-electron chi connectivity index (χ1n) is 4.60. The molecule has 0 fully saturated rings. The van der Waals surface area contributed by atoms with Gasteiger partial charge < -0.3 is 15.2 Å². The second-order valence-corrected chi connectivity index (χ2v) is 3.80. The highest BCUT2D eigenvalue weighted by Crippen LogP contribution is 2.00. The van der Waals surface area contributed by atoms with Gasteiger partial charge in [-0.05, 0) is 31.4 Å². The SMILES string of the molecule is CC(C)(O)C#Cc1ccc(B(O)O)cc1. The molecule has 1 aromatic carbocycles. The van der Waals surface area contributed by atoms with Gasteiger partial charge in [-0.25, -0.2) is 0 Å². The quantitative estimate of drug-likeness (QED) is 0.426. The van der Waals surface area contributed by atoms with E-state index in [1.807, 2.05) is 0 Å². The summed E-state index contributed by atoms with van der Waals surface area (Å²) < 4.78 is 0. The number of benzene rings is 1. The van der Waals surface area contributed by atoms with Gasteiger partial charge in [-0.3, -0.25) is 0 Å². The molecule has 0 aliphatic heterocycles. The van der Waals surface area contributed by atoms with Crippen molar-refractivity contribution in [2.75, 3.05) is 0 Å². The minimum atomic E-state index is -1.46. The van der Waals surface area contributed by atoms with E-state index in [2.05, 4.69) is 11.8 Å². The lowest BCUT2D eigenvalue weighted by atomic mass is 9.80. The fourth-order valence-corrected chi connectivity index (χ4v) is 0.964. The summed E-state index contributed by atoms with van der Waals surface area (Å²) in [6, 6.07) is 6.51. The van der Waals surface area contributed by atoms with E-state index in [-0.39, 0.29) is 0 Å². The molecular formula is C11H13BO3. The van der Waals surface area contributed by atoms with Crippen molar-refractivity contribution in [3.63, 3.8) is 0 Å². The van der Waals surface area contributed by atoms with Crippen LogP contribution in [-0.4, -0.2) is 27.9 Å². The standard InChI is InChI=1S/C11H13BO3/c1-11(2,13)8-7-9-3-5-10(6-4-9)12(14)15/h3-6,13-15H,1-2H3. The summed E-state index contributed by atoms with van der Waals surface area (Å²) in [5, 5.41) is 27.1. The lowest BCUT2D eigenvalue weighted by molar-refractivity contribution is 0.143. The predicted molar refractivity (Wildman–Crippen MR) is 59.4 cm³/mol. The zero-order valence-corrected chi connectivity index (χ0v) is 8.73. The Labute approximate surface area is 89.5 Å². The Balaban J connectivity index is 2.85. The molecule has 0 amide bonds. The van der Waals surface area contributed by atoms with Crippen LogP contribution in [0.4, 0.5) is 0 Å². The van der Waals surface area contributed by atoms with Gasteiger partial charge in [0.05, 0.1) is 0 Å². The number of hydrogen-bond donors (Lipinski definition) is 3. The van der Waals surface area contributed by atoms with E-state index in [1.54, 1.807) is 38.1 Å². The highest BCUT2D eigenvalue weighted by molar-refractivity contribution is 6.58. The Kier molecular flexibility index (Phi) is 3.54. The molecule has 0 aliphatic carbocycles. The lowest BCUT2D eigenvalue weighted by Crippen LogP contribution is -2.29. The molecule has 0 radical (unpaired) electrons. The van der Waals surface area contributed by atoms with E-state index in [0.29, 0.717) is 5.46 Å². The van der Waals surface area contributed by atoms with Gasteiger partial charge >= 0.3 is 7.12 Å². The summed E-state index contributed by atoms with van der Waals surface area (Å²) in [5.41, 5.74) is 0.125. The van der Waals surface area contributed by atoms with Gasteiger partial charge in [-0.1, -0.05) is 24.0 Å². The fourth-order valence-electron chi connectivity index (χ4n) is 0.964. The summed E-state index contributed by atoms with van der Waals surface area (Å²) in [4.78, 5) is 0. The Morgan fingerprint density at radius 2 is 1.67 bits per heavy atom. The molecule has 0 heterocycles. The fraction of sp³-hybridized carbons (Fsp3) is 0.273. The molecule has 0 aromatic heterocycles. The third-order valence-electron chi connectivity index (χ3n) is 1.72. The van der Waals surface area contributed by atoms with E-state index in [4.69, 9.17) is 10.0 Å². The van der Waals surface area contributed by atoms with Crippen LogP contribution in [-0.2, 0) is 0 Å². The smallest absolute Gasteiger partial charge is 0.423 e. The van der Waals surface area contributed by atoms with Crippen LogP contribution in [0.2, 0.25) is 0 Å². The maximum Gasteiger partial charge on any atom is 0.488 e. The highest BCUT2D eigenvalue weighted by atomic mass is 16.4. The van der Waals surface area contributed by atoms with Gasteiger partial charge in [0.2, 0.25) is 0 Å². The molecule has 15 heavy (non-hydrogen) atoms. The van der Waals surface area contributed by atoms with Crippen LogP contribution < -0.4 is 5.46 Å². The first-order valence-corrected chi connectivity index (χ1v) is 4.60. The number of aliphatic hydroxyl groups is 1. The largest absolute Gasteiger partial charge is 0.488 e. The van der Waals surface area contributed by atoms with E-state index >= 15 is 0 Å². The molecule has 0 saturated carbocycles. The maximum atomic E-state index is 9.37. The van der Waals surface area contributed by atoms with Crippen molar-refractivity contribution in [1.82, 2.24) is 0 Å². The first-order chi connectivity index (χ1) is 6.88. The third-order valence-corrected chi connectivity index (χ3v) is 1.72. The van der Waals surface area contributed by atoms with Crippen molar-refractivity contribution >= 4 is 12.6 Å². The lowest BCUT2D eigenvalue weighted by Gasteiger charge is -2.06. The maximum absolute atomic E-state index is 9.37. The molecule has 0 atom stereocenters. The predicted octanol–water partition coefficient (Wildman–Crippen LogP) is -0.511. The Morgan fingerprint density at radius 1 is 1.13 bits per heavy atom. The minimum absolute atomic E-state index is 0.420. The van der Waals surface area contributed by atoms with E-state index in [1.165, 1.54) is 0 Å². The molecule has 1 aromatic rings. The van der Waals surface area contributed by atoms with Crippen molar-refractivity contribution in [2.24, 2.45) is 0 Å². The van der Waals surface area contributed by atoms with E-state index in [0.717, 1.165) is 5.56 Å². The van der Waals surface area contributed by atoms with Gasteiger partial charge in [0.15, 0.2) is 0 Å². The molecule has 0 saturated heterocycles. The summed E-state index contributed by atoms with van der Waals surface area (Å²) in [7, 11) is -1.46. The summed E-state index contributed by atoms with van der Waals surface area (Å²) in [6.07, 6.45) is 0. The Hall–Kier alpha value is -1.28. The average molecular weight is 204 g/mol. The Bertz CT molecular complexity index is 379. The van der Waals surface area contributed by atoms with Crippen molar-refractivity contribution in [1.29, 1.82) is 0 Å². The molecule has 78 valence electrons. The summed E-state index contributed by atoms with van der Waals surface area (Å²) >= 11 is 0. The van der Waals surface area contributed by atoms with Gasteiger partial charge in [-0.2, -0.15) is 0 Å². The molecule has 0 aliphatic rings. The van der Waals surface area contributed by atoms with Crippen molar-refractivity contribution in [2.45, 2.75) is 19.4 Å². The Morgan fingerprint density at radius 3 is 2.07 bits per heavy atom. The topological polar surface area (TPSA) is 60.7 Å². The summed E-state index contributed by atoms with van der Waals surface area (Å²) in [5.74, 6) is 5.45. The number of hydrogen-bond acceptors (Lipinski definition) is 3. The minimum Gasteiger partial charge on any atom is -0.423 e. The average Bonchev–Trinajstić information content (AvgIpc) is 2.14. The van der Waals surface area contributed by atoms with Crippen LogP contribution in [0.25, 0.3) is 0 Å². The van der Waals surface area contributed by atoms with E-state index < -0.39 is 12.7 Å². The van der Waals surface area contributed by atoms with E-state index in [9.17, 15) is 5.11 Å².